The van der Waals surface area contributed by atoms with E-state index in [2.05, 4.69) is 25.2 Å². The number of halogens is 2. The molecule has 3 aliphatic rings. The quantitative estimate of drug-likeness (QED) is 0.470. The number of piperazine rings is 1. The van der Waals surface area contributed by atoms with Crippen LogP contribution in [0.4, 0.5) is 14.6 Å². The van der Waals surface area contributed by atoms with E-state index in [1.54, 1.807) is 6.20 Å². The van der Waals surface area contributed by atoms with Crippen molar-refractivity contribution in [3.63, 3.8) is 0 Å². The Morgan fingerprint density at radius 2 is 1.85 bits per heavy atom. The van der Waals surface area contributed by atoms with Crippen LogP contribution in [0.25, 0.3) is 33.3 Å². The summed E-state index contributed by atoms with van der Waals surface area (Å²) in [5, 5.41) is 5.40. The van der Waals surface area contributed by atoms with Crippen LogP contribution < -0.4 is 10.2 Å². The number of hydrogen-bond acceptors (Lipinski definition) is 6. The first kappa shape index (κ1) is 20.2. The molecule has 2 N–H and O–H groups in total. The van der Waals surface area contributed by atoms with Crippen LogP contribution in [-0.2, 0) is 0 Å². The molecule has 0 aromatic carbocycles. The molecule has 0 unspecified atom stereocenters. The minimum atomic E-state index is -2.57. The van der Waals surface area contributed by atoms with Crippen molar-refractivity contribution in [2.45, 2.75) is 43.4 Å². The van der Waals surface area contributed by atoms with Crippen molar-refractivity contribution in [2.24, 2.45) is 0 Å². The van der Waals surface area contributed by atoms with Gasteiger partial charge < -0.3 is 15.2 Å². The Kier molecular flexibility index (Phi) is 4.39. The van der Waals surface area contributed by atoms with Crippen LogP contribution in [0.2, 0.25) is 0 Å². The number of pyridine rings is 2. The number of H-pyrrole nitrogens is 1. The Bertz CT molecular complexity index is 1400. The van der Waals surface area contributed by atoms with E-state index in [0.717, 1.165) is 59.5 Å². The summed E-state index contributed by atoms with van der Waals surface area (Å²) >= 11 is 0. The summed E-state index contributed by atoms with van der Waals surface area (Å²) in [4.78, 5) is 24.6. The summed E-state index contributed by atoms with van der Waals surface area (Å²) in [6.07, 6.45) is 7.66. The molecule has 2 aliphatic carbocycles. The lowest BCUT2D eigenvalue weighted by molar-refractivity contribution is -0.0874. The topological polar surface area (TPSA) is 82.6 Å². The zero-order chi connectivity index (χ0) is 22.9. The van der Waals surface area contributed by atoms with Crippen LogP contribution in [0.15, 0.2) is 30.7 Å². The lowest BCUT2D eigenvalue weighted by Crippen LogP contribution is -2.44. The van der Waals surface area contributed by atoms with Gasteiger partial charge in [0.05, 0.1) is 11.7 Å². The summed E-state index contributed by atoms with van der Waals surface area (Å²) in [6.45, 7) is 3.59. The van der Waals surface area contributed by atoms with Crippen molar-refractivity contribution >= 4 is 27.8 Å². The van der Waals surface area contributed by atoms with Crippen molar-refractivity contribution in [3.05, 3.63) is 42.0 Å². The molecule has 0 radical (unpaired) electrons. The van der Waals surface area contributed by atoms with Gasteiger partial charge in [-0.1, -0.05) is 0 Å². The molecule has 0 amide bonds. The molecule has 0 bridgehead atoms. The molecular weight excluding hydrogens is 436 g/mol. The molecule has 1 aliphatic heterocycles. The van der Waals surface area contributed by atoms with E-state index < -0.39 is 5.92 Å². The Morgan fingerprint density at radius 1 is 1.03 bits per heavy atom. The molecule has 2 saturated carbocycles. The van der Waals surface area contributed by atoms with Crippen LogP contribution in [0.1, 0.15) is 48.8 Å². The smallest absolute Gasteiger partial charge is 0.249 e. The van der Waals surface area contributed by atoms with Crippen molar-refractivity contribution < 1.29 is 8.78 Å². The van der Waals surface area contributed by atoms with Gasteiger partial charge in [0.1, 0.15) is 11.5 Å². The summed E-state index contributed by atoms with van der Waals surface area (Å²) in [5.74, 6) is -0.619. The average molecular weight is 462 g/mol. The molecule has 0 atom stereocenters. The first-order valence-corrected chi connectivity index (χ1v) is 12.0. The van der Waals surface area contributed by atoms with Crippen LogP contribution in [0.3, 0.4) is 0 Å². The van der Waals surface area contributed by atoms with Gasteiger partial charge in [-0.3, -0.25) is 4.98 Å². The number of aromatic nitrogens is 5. The predicted molar refractivity (Wildman–Crippen MR) is 126 cm³/mol. The zero-order valence-electron chi connectivity index (χ0n) is 18.7. The van der Waals surface area contributed by atoms with E-state index in [1.165, 1.54) is 18.4 Å². The Balaban J connectivity index is 1.39. The number of nitrogens with one attached hydrogen (secondary N) is 2. The lowest BCUT2D eigenvalue weighted by atomic mass is 9.79. The molecule has 7 rings (SSSR count). The summed E-state index contributed by atoms with van der Waals surface area (Å²) < 4.78 is 26.9. The molecule has 3 fully saturated rings. The highest BCUT2D eigenvalue weighted by Crippen LogP contribution is 2.49. The largest absolute Gasteiger partial charge is 0.353 e. The van der Waals surface area contributed by atoms with Gasteiger partial charge in [-0.15, -0.1) is 0 Å². The standard InChI is InChI=1S/C25H25F2N7/c26-25(27)10-15(11-25)19-9-17-16(3-4-30-22(17)31-19)23-32-20-13-29-12-18(14-1-2-14)21(20)24(33-23)34-7-5-28-6-8-34/h3-4,9,12-15,28H,1-2,5-8,10-11H2,(H,30,31). The fraction of sp³-hybridized carbons (Fsp3) is 0.440. The predicted octanol–water partition coefficient (Wildman–Crippen LogP) is 4.37. The number of fused-ring (bicyclic) bond motifs is 2. The number of anilines is 1. The number of aromatic amines is 1. The molecule has 174 valence electrons. The van der Waals surface area contributed by atoms with E-state index in [9.17, 15) is 8.78 Å². The zero-order valence-corrected chi connectivity index (χ0v) is 18.7. The van der Waals surface area contributed by atoms with E-state index in [1.807, 2.05) is 24.5 Å². The van der Waals surface area contributed by atoms with E-state index in [0.29, 0.717) is 17.4 Å². The summed E-state index contributed by atoms with van der Waals surface area (Å²) in [7, 11) is 0. The highest BCUT2D eigenvalue weighted by Gasteiger charge is 2.46. The maximum absolute atomic E-state index is 13.5. The SMILES string of the molecule is FC1(F)CC(c2cc3c(-c4nc(N5CCNCC5)c5c(C6CC6)cncc5n4)ccnc3[nH]2)C1. The minimum absolute atomic E-state index is 0.121. The van der Waals surface area contributed by atoms with E-state index >= 15 is 0 Å². The van der Waals surface area contributed by atoms with Gasteiger partial charge in [-0.2, -0.15) is 0 Å². The minimum Gasteiger partial charge on any atom is -0.353 e. The Labute approximate surface area is 195 Å². The Hall–Kier alpha value is -3.20. The van der Waals surface area contributed by atoms with Gasteiger partial charge in [0, 0.05) is 79.4 Å². The van der Waals surface area contributed by atoms with E-state index in [4.69, 9.17) is 9.97 Å². The second kappa shape index (κ2) is 7.40. The molecule has 34 heavy (non-hydrogen) atoms. The van der Waals surface area contributed by atoms with Crippen molar-refractivity contribution in [1.29, 1.82) is 0 Å². The number of nitrogens with zero attached hydrogens (tertiary/aromatic N) is 5. The van der Waals surface area contributed by atoms with Gasteiger partial charge in [-0.25, -0.2) is 23.7 Å². The maximum Gasteiger partial charge on any atom is 0.249 e. The van der Waals surface area contributed by atoms with Gasteiger partial charge in [0.15, 0.2) is 5.82 Å². The average Bonchev–Trinajstić information content (AvgIpc) is 3.59. The van der Waals surface area contributed by atoms with Gasteiger partial charge in [0.25, 0.3) is 0 Å². The van der Waals surface area contributed by atoms with Gasteiger partial charge in [-0.05, 0) is 36.5 Å². The first-order valence-electron chi connectivity index (χ1n) is 12.0. The van der Waals surface area contributed by atoms with Crippen molar-refractivity contribution in [3.8, 4) is 11.4 Å². The molecule has 7 nitrogen and oxygen atoms in total. The third-order valence-electron chi connectivity index (χ3n) is 7.37. The molecule has 1 saturated heterocycles. The first-order chi connectivity index (χ1) is 16.6. The van der Waals surface area contributed by atoms with Crippen LogP contribution in [0.5, 0.6) is 0 Å². The van der Waals surface area contributed by atoms with Gasteiger partial charge in [0.2, 0.25) is 5.92 Å². The van der Waals surface area contributed by atoms with Crippen molar-refractivity contribution in [2.75, 3.05) is 31.1 Å². The summed E-state index contributed by atoms with van der Waals surface area (Å²) in [5.41, 5.74) is 4.44. The lowest BCUT2D eigenvalue weighted by Gasteiger charge is -2.34. The highest BCUT2D eigenvalue weighted by molar-refractivity contribution is 5.97. The normalized spacial score (nSPS) is 20.7. The highest BCUT2D eigenvalue weighted by atomic mass is 19.3. The maximum atomic E-state index is 13.5. The third kappa shape index (κ3) is 3.33. The van der Waals surface area contributed by atoms with Crippen molar-refractivity contribution in [1.82, 2.24) is 30.2 Å². The van der Waals surface area contributed by atoms with Crippen LogP contribution in [0, 0.1) is 0 Å². The third-order valence-corrected chi connectivity index (χ3v) is 7.37. The molecule has 9 heteroatoms. The summed E-state index contributed by atoms with van der Waals surface area (Å²) in [6, 6.07) is 3.87. The van der Waals surface area contributed by atoms with Crippen LogP contribution in [-0.4, -0.2) is 57.0 Å². The van der Waals surface area contributed by atoms with E-state index in [-0.39, 0.29) is 18.8 Å². The number of hydrogen-bond donors (Lipinski definition) is 2. The monoisotopic (exact) mass is 461 g/mol. The fourth-order valence-corrected chi connectivity index (χ4v) is 5.36. The van der Waals surface area contributed by atoms with Gasteiger partial charge >= 0.3 is 0 Å². The van der Waals surface area contributed by atoms with Crippen LogP contribution >= 0.6 is 0 Å². The fourth-order valence-electron chi connectivity index (χ4n) is 5.36. The molecule has 5 heterocycles. The number of alkyl halides is 2. The second-order valence-electron chi connectivity index (χ2n) is 9.81. The Morgan fingerprint density at radius 3 is 2.62 bits per heavy atom. The molecule has 0 spiro atoms. The molecule has 4 aromatic rings. The molecular formula is C25H25F2N7. The number of rotatable bonds is 4. The second-order valence-corrected chi connectivity index (χ2v) is 9.81. The molecule has 4 aromatic heterocycles.